The van der Waals surface area contributed by atoms with Crippen LogP contribution in [0.25, 0.3) is 0 Å². The largest absolute Gasteiger partial charge is 0.295 e. The van der Waals surface area contributed by atoms with Crippen molar-refractivity contribution in [3.05, 3.63) is 29.8 Å². The molecule has 4 nitrogen and oxygen atoms in total. The molecule has 0 saturated carbocycles. The molecule has 0 saturated heterocycles. The second-order valence-electron chi connectivity index (χ2n) is 5.24. The molecule has 0 fully saturated rings. The van der Waals surface area contributed by atoms with Gasteiger partial charge in [-0.25, -0.2) is 5.01 Å². The van der Waals surface area contributed by atoms with Gasteiger partial charge in [0.2, 0.25) is 5.96 Å². The molecule has 1 heterocycles. The van der Waals surface area contributed by atoms with Crippen molar-refractivity contribution >= 4 is 24.1 Å². The molecule has 2 rings (SSSR count). The van der Waals surface area contributed by atoms with E-state index in [1.807, 2.05) is 18.1 Å². The Hall–Kier alpha value is -1.49. The highest BCUT2D eigenvalue weighted by molar-refractivity contribution is 7.98. The van der Waals surface area contributed by atoms with Crippen LogP contribution in [0.15, 0.2) is 39.3 Å². The lowest BCUT2D eigenvalue weighted by atomic mass is 10.0. The van der Waals surface area contributed by atoms with E-state index in [9.17, 15) is 0 Å². The number of hydrogen-bond acceptors (Lipinski definition) is 3. The molecule has 0 aliphatic carbocycles. The number of aliphatic imine (C=N–C) groups is 1. The summed E-state index contributed by atoms with van der Waals surface area (Å²) >= 11 is 1.58. The maximum absolute atomic E-state index is 4.56. The average Bonchev–Trinajstić information content (AvgIpc) is 2.84. The van der Waals surface area contributed by atoms with Crippen LogP contribution in [0, 0.1) is 12.8 Å². The summed E-state index contributed by atoms with van der Waals surface area (Å²) in [6.07, 6.45) is 3.14. The molecule has 5 heteroatoms. The lowest BCUT2D eigenvalue weighted by Gasteiger charge is -2.25. The summed E-state index contributed by atoms with van der Waals surface area (Å²) < 4.78 is 3.36. The van der Waals surface area contributed by atoms with Crippen LogP contribution in [-0.2, 0) is 0 Å². The van der Waals surface area contributed by atoms with E-state index in [0.717, 1.165) is 18.9 Å². The minimum Gasteiger partial charge on any atom is -0.295 e. The van der Waals surface area contributed by atoms with E-state index in [0.29, 0.717) is 12.0 Å². The van der Waals surface area contributed by atoms with Crippen LogP contribution in [0.2, 0.25) is 0 Å². The molecule has 1 aromatic carbocycles. The summed E-state index contributed by atoms with van der Waals surface area (Å²) in [6.45, 7) is 9.28. The Kier molecular flexibility index (Phi) is 5.67. The van der Waals surface area contributed by atoms with E-state index in [1.54, 1.807) is 11.9 Å². The van der Waals surface area contributed by atoms with Crippen molar-refractivity contribution in [2.24, 2.45) is 16.0 Å². The molecule has 2 unspecified atom stereocenters. The molecule has 2 atom stereocenters. The topological polar surface area (TPSA) is 40.0 Å². The fourth-order valence-electron chi connectivity index (χ4n) is 2.35. The second kappa shape index (κ2) is 7.50. The maximum Gasteiger partial charge on any atom is 0.225 e. The molecule has 114 valence electrons. The molecule has 0 aromatic heterocycles. The van der Waals surface area contributed by atoms with Crippen LogP contribution < -0.4 is 4.72 Å². The maximum atomic E-state index is 4.56. The Morgan fingerprint density at radius 3 is 2.86 bits per heavy atom. The van der Waals surface area contributed by atoms with Crippen molar-refractivity contribution in [1.82, 2.24) is 9.73 Å². The minimum absolute atomic E-state index is 0.353. The molecule has 0 spiro atoms. The minimum atomic E-state index is 0.353. The number of hydrazone groups is 1. The molecule has 1 aliphatic heterocycles. The SMILES string of the molecule is CCN=C(NSc1cccc(C)c1)N1N=CC(CC)C1C. The third-order valence-electron chi connectivity index (χ3n) is 3.63. The Morgan fingerprint density at radius 1 is 1.43 bits per heavy atom. The lowest BCUT2D eigenvalue weighted by molar-refractivity contribution is 0.323. The first-order valence-electron chi connectivity index (χ1n) is 7.53. The summed E-state index contributed by atoms with van der Waals surface area (Å²) in [6, 6.07) is 8.78. The van der Waals surface area contributed by atoms with Crippen molar-refractivity contribution in [2.75, 3.05) is 6.54 Å². The van der Waals surface area contributed by atoms with E-state index in [1.165, 1.54) is 10.5 Å². The molecule has 1 aliphatic rings. The van der Waals surface area contributed by atoms with Gasteiger partial charge in [-0.1, -0.05) is 19.1 Å². The van der Waals surface area contributed by atoms with Crippen molar-refractivity contribution in [2.45, 2.75) is 45.1 Å². The summed E-state index contributed by atoms with van der Waals surface area (Å²) in [5.41, 5.74) is 1.26. The Labute approximate surface area is 131 Å². The molecular weight excluding hydrogens is 280 g/mol. The number of rotatable bonds is 4. The number of hydrogen-bond donors (Lipinski definition) is 1. The molecule has 0 amide bonds. The Bertz CT molecular complexity index is 527. The number of benzene rings is 1. The predicted octanol–water partition coefficient (Wildman–Crippen LogP) is 3.68. The third kappa shape index (κ3) is 4.00. The van der Waals surface area contributed by atoms with Gasteiger partial charge in [0.1, 0.15) is 0 Å². The molecular formula is C16H24N4S. The molecule has 0 radical (unpaired) electrons. The van der Waals surface area contributed by atoms with Crippen LogP contribution in [0.3, 0.4) is 0 Å². The first-order valence-corrected chi connectivity index (χ1v) is 8.34. The quantitative estimate of drug-likeness (QED) is 0.524. The fraction of sp³-hybridized carbons (Fsp3) is 0.500. The summed E-state index contributed by atoms with van der Waals surface area (Å²) in [5.74, 6) is 1.33. The van der Waals surface area contributed by atoms with Gasteiger partial charge in [0.25, 0.3) is 0 Å². The molecule has 21 heavy (non-hydrogen) atoms. The van der Waals surface area contributed by atoms with Crippen molar-refractivity contribution in [3.63, 3.8) is 0 Å². The summed E-state index contributed by atoms with van der Waals surface area (Å²) in [7, 11) is 0. The van der Waals surface area contributed by atoms with Crippen LogP contribution >= 0.6 is 11.9 Å². The van der Waals surface area contributed by atoms with Crippen LogP contribution in [-0.4, -0.2) is 29.8 Å². The summed E-state index contributed by atoms with van der Waals surface area (Å²) in [5, 5.41) is 6.52. The second-order valence-corrected chi connectivity index (χ2v) is 6.12. The highest BCUT2D eigenvalue weighted by Crippen LogP contribution is 2.22. The van der Waals surface area contributed by atoms with Crippen molar-refractivity contribution in [1.29, 1.82) is 0 Å². The van der Waals surface area contributed by atoms with E-state index in [2.05, 4.69) is 59.9 Å². The van der Waals surface area contributed by atoms with Crippen LogP contribution in [0.5, 0.6) is 0 Å². The standard InChI is InChI=1S/C16H24N4S/c1-5-14-11-18-20(13(14)4)16(17-6-2)19-21-15-9-7-8-12(3)10-15/h7-11,13-14H,5-6H2,1-4H3,(H,17,19). The van der Waals surface area contributed by atoms with Crippen LogP contribution in [0.1, 0.15) is 32.8 Å². The zero-order chi connectivity index (χ0) is 15.2. The molecule has 1 aromatic rings. The van der Waals surface area contributed by atoms with E-state index in [4.69, 9.17) is 0 Å². The lowest BCUT2D eigenvalue weighted by Crippen LogP contribution is -2.40. The van der Waals surface area contributed by atoms with Gasteiger partial charge < -0.3 is 0 Å². The zero-order valence-corrected chi connectivity index (χ0v) is 14.0. The van der Waals surface area contributed by atoms with Gasteiger partial charge in [-0.2, -0.15) is 5.10 Å². The number of nitrogens with one attached hydrogen (secondary N) is 1. The highest BCUT2D eigenvalue weighted by atomic mass is 32.2. The highest BCUT2D eigenvalue weighted by Gasteiger charge is 2.28. The van der Waals surface area contributed by atoms with Crippen molar-refractivity contribution in [3.8, 4) is 0 Å². The van der Waals surface area contributed by atoms with Gasteiger partial charge in [-0.3, -0.25) is 9.71 Å². The van der Waals surface area contributed by atoms with Gasteiger partial charge in [0.15, 0.2) is 0 Å². The Balaban J connectivity index is 2.04. The van der Waals surface area contributed by atoms with Crippen molar-refractivity contribution < 1.29 is 0 Å². The van der Waals surface area contributed by atoms with E-state index >= 15 is 0 Å². The molecule has 0 bridgehead atoms. The van der Waals surface area contributed by atoms with E-state index < -0.39 is 0 Å². The molecule has 1 N–H and O–H groups in total. The first kappa shape index (κ1) is 15.9. The summed E-state index contributed by atoms with van der Waals surface area (Å²) in [4.78, 5) is 5.74. The number of aryl methyl sites for hydroxylation is 1. The van der Waals surface area contributed by atoms with Gasteiger partial charge in [0.05, 0.1) is 6.04 Å². The predicted molar refractivity (Wildman–Crippen MR) is 91.7 cm³/mol. The average molecular weight is 304 g/mol. The fourth-order valence-corrected chi connectivity index (χ4v) is 3.11. The zero-order valence-electron chi connectivity index (χ0n) is 13.2. The van der Waals surface area contributed by atoms with Crippen LogP contribution in [0.4, 0.5) is 0 Å². The van der Waals surface area contributed by atoms with Gasteiger partial charge >= 0.3 is 0 Å². The Morgan fingerprint density at radius 2 is 2.24 bits per heavy atom. The van der Waals surface area contributed by atoms with Gasteiger partial charge in [-0.05, 0) is 56.8 Å². The normalized spacial score (nSPS) is 21.9. The number of guanidine groups is 1. The monoisotopic (exact) mass is 304 g/mol. The van der Waals surface area contributed by atoms with Gasteiger partial charge in [-0.15, -0.1) is 0 Å². The first-order chi connectivity index (χ1) is 10.2. The smallest absolute Gasteiger partial charge is 0.225 e. The van der Waals surface area contributed by atoms with Gasteiger partial charge in [0, 0.05) is 23.6 Å². The third-order valence-corrected chi connectivity index (χ3v) is 4.41. The number of nitrogens with zero attached hydrogens (tertiary/aromatic N) is 3. The van der Waals surface area contributed by atoms with E-state index in [-0.39, 0.29) is 0 Å².